The molecule has 1 aliphatic heterocycles. The van der Waals surface area contributed by atoms with Crippen LogP contribution in [0.25, 0.3) is 0 Å². The first-order chi connectivity index (χ1) is 11.2. The lowest BCUT2D eigenvalue weighted by atomic mass is 10.2. The van der Waals surface area contributed by atoms with Crippen LogP contribution in [0.1, 0.15) is 23.7 Å². The first-order valence-electron chi connectivity index (χ1n) is 7.55. The SMILES string of the molecule is CSc1ccc(C(=O)O[C@H](C)C(=O)N(C)[C@@H]2CCS(=O)(=O)C2)cc1. The van der Waals surface area contributed by atoms with Gasteiger partial charge in [-0.25, -0.2) is 13.2 Å². The number of esters is 1. The van der Waals surface area contributed by atoms with Crippen molar-refractivity contribution in [2.75, 3.05) is 24.8 Å². The number of sulfone groups is 1. The molecule has 24 heavy (non-hydrogen) atoms. The highest BCUT2D eigenvalue weighted by Gasteiger charge is 2.35. The van der Waals surface area contributed by atoms with Gasteiger partial charge in [-0.2, -0.15) is 0 Å². The standard InChI is InChI=1S/C16H21NO5S2/c1-11(15(18)17(2)13-8-9-24(20,21)10-13)22-16(19)12-4-6-14(23-3)7-5-12/h4-7,11,13H,8-10H2,1-3H3/t11-,13-/m1/s1. The summed E-state index contributed by atoms with van der Waals surface area (Å²) in [5.41, 5.74) is 0.374. The van der Waals surface area contributed by atoms with Crippen molar-refractivity contribution in [2.24, 2.45) is 0 Å². The molecule has 1 aromatic rings. The Morgan fingerprint density at radius 1 is 1.29 bits per heavy atom. The van der Waals surface area contributed by atoms with Gasteiger partial charge in [0.15, 0.2) is 15.9 Å². The molecule has 2 rings (SSSR count). The molecule has 1 fully saturated rings. The highest BCUT2D eigenvalue weighted by molar-refractivity contribution is 7.98. The average molecular weight is 371 g/mol. The Labute approximate surface area is 146 Å². The third kappa shape index (κ3) is 4.51. The smallest absolute Gasteiger partial charge is 0.338 e. The van der Waals surface area contributed by atoms with Gasteiger partial charge in [-0.05, 0) is 43.9 Å². The highest BCUT2D eigenvalue weighted by atomic mass is 32.2. The molecule has 0 N–H and O–H groups in total. The number of nitrogens with zero attached hydrogens (tertiary/aromatic N) is 1. The monoisotopic (exact) mass is 371 g/mol. The summed E-state index contributed by atoms with van der Waals surface area (Å²) < 4.78 is 28.3. The topological polar surface area (TPSA) is 80.8 Å². The molecular formula is C16H21NO5S2. The van der Waals surface area contributed by atoms with E-state index in [1.54, 1.807) is 30.9 Å². The number of benzene rings is 1. The minimum Gasteiger partial charge on any atom is -0.449 e. The summed E-state index contributed by atoms with van der Waals surface area (Å²) in [7, 11) is -1.53. The Morgan fingerprint density at radius 3 is 2.42 bits per heavy atom. The minimum absolute atomic E-state index is 0.0357. The van der Waals surface area contributed by atoms with Crippen LogP contribution in [0.3, 0.4) is 0 Å². The summed E-state index contributed by atoms with van der Waals surface area (Å²) in [5, 5.41) is 0. The average Bonchev–Trinajstić information content (AvgIpc) is 2.93. The van der Waals surface area contributed by atoms with Crippen molar-refractivity contribution < 1.29 is 22.7 Å². The molecule has 0 aromatic heterocycles. The van der Waals surface area contributed by atoms with E-state index < -0.39 is 27.8 Å². The second kappa shape index (κ2) is 7.57. The number of ether oxygens (including phenoxy) is 1. The lowest BCUT2D eigenvalue weighted by Gasteiger charge is -2.26. The Morgan fingerprint density at radius 2 is 1.92 bits per heavy atom. The van der Waals surface area contributed by atoms with E-state index in [4.69, 9.17) is 4.74 Å². The number of thioether (sulfide) groups is 1. The Hall–Kier alpha value is -1.54. The maximum absolute atomic E-state index is 12.4. The van der Waals surface area contributed by atoms with Crippen molar-refractivity contribution in [1.29, 1.82) is 0 Å². The van der Waals surface area contributed by atoms with Crippen LogP contribution in [-0.2, 0) is 19.4 Å². The van der Waals surface area contributed by atoms with Gasteiger partial charge in [0.25, 0.3) is 5.91 Å². The van der Waals surface area contributed by atoms with E-state index in [1.807, 2.05) is 18.4 Å². The van der Waals surface area contributed by atoms with Gasteiger partial charge in [0.05, 0.1) is 17.1 Å². The van der Waals surface area contributed by atoms with Crippen molar-refractivity contribution >= 4 is 33.5 Å². The summed E-state index contributed by atoms with van der Waals surface area (Å²) in [5.74, 6) is -0.917. The summed E-state index contributed by atoms with van der Waals surface area (Å²) in [4.78, 5) is 26.9. The van der Waals surface area contributed by atoms with E-state index in [-0.39, 0.29) is 17.5 Å². The zero-order valence-electron chi connectivity index (χ0n) is 13.9. The third-order valence-electron chi connectivity index (χ3n) is 4.06. The molecule has 6 nitrogen and oxygen atoms in total. The van der Waals surface area contributed by atoms with Crippen LogP contribution in [-0.4, -0.2) is 62.1 Å². The maximum atomic E-state index is 12.4. The molecule has 132 valence electrons. The molecule has 0 spiro atoms. The Bertz CT molecular complexity index is 714. The van der Waals surface area contributed by atoms with Gasteiger partial charge >= 0.3 is 5.97 Å². The van der Waals surface area contributed by atoms with Crippen LogP contribution < -0.4 is 0 Å². The highest BCUT2D eigenvalue weighted by Crippen LogP contribution is 2.19. The van der Waals surface area contributed by atoms with Gasteiger partial charge in [-0.3, -0.25) is 4.79 Å². The van der Waals surface area contributed by atoms with E-state index in [0.717, 1.165) is 4.90 Å². The van der Waals surface area contributed by atoms with Gasteiger partial charge in [-0.15, -0.1) is 11.8 Å². The summed E-state index contributed by atoms with van der Waals surface area (Å²) in [6.07, 6.45) is 1.39. The quantitative estimate of drug-likeness (QED) is 0.578. The zero-order valence-corrected chi connectivity index (χ0v) is 15.5. The molecule has 1 aromatic carbocycles. The minimum atomic E-state index is -3.08. The van der Waals surface area contributed by atoms with E-state index in [9.17, 15) is 18.0 Å². The predicted molar refractivity (Wildman–Crippen MR) is 92.9 cm³/mol. The van der Waals surface area contributed by atoms with E-state index in [0.29, 0.717) is 12.0 Å². The first kappa shape index (κ1) is 18.8. The number of carbonyl (C=O) groups excluding carboxylic acids is 2. The molecule has 0 aliphatic carbocycles. The molecule has 0 radical (unpaired) electrons. The second-order valence-corrected chi connectivity index (χ2v) is 8.89. The molecule has 1 heterocycles. The number of carbonyl (C=O) groups is 2. The van der Waals surface area contributed by atoms with Crippen LogP contribution in [0.15, 0.2) is 29.2 Å². The number of amides is 1. The molecule has 1 aliphatic rings. The van der Waals surface area contributed by atoms with Crippen molar-refractivity contribution in [3.63, 3.8) is 0 Å². The van der Waals surface area contributed by atoms with Crippen LogP contribution in [0.2, 0.25) is 0 Å². The number of likely N-dealkylation sites (N-methyl/N-ethyl adjacent to an activating group) is 1. The van der Waals surface area contributed by atoms with Crippen molar-refractivity contribution in [1.82, 2.24) is 4.90 Å². The number of hydrogen-bond acceptors (Lipinski definition) is 6. The van der Waals surface area contributed by atoms with Gasteiger partial charge in [0.1, 0.15) is 0 Å². The van der Waals surface area contributed by atoms with E-state index in [1.165, 1.54) is 11.8 Å². The van der Waals surface area contributed by atoms with Crippen LogP contribution in [0.4, 0.5) is 0 Å². The fourth-order valence-electron chi connectivity index (χ4n) is 2.55. The molecular weight excluding hydrogens is 350 g/mol. The lowest BCUT2D eigenvalue weighted by Crippen LogP contribution is -2.44. The summed E-state index contributed by atoms with van der Waals surface area (Å²) >= 11 is 1.56. The van der Waals surface area contributed by atoms with Crippen LogP contribution >= 0.6 is 11.8 Å². The maximum Gasteiger partial charge on any atom is 0.338 e. The number of rotatable bonds is 5. The Balaban J connectivity index is 1.96. The molecule has 0 bridgehead atoms. The first-order valence-corrected chi connectivity index (χ1v) is 10.6. The van der Waals surface area contributed by atoms with Gasteiger partial charge < -0.3 is 9.64 Å². The Kier molecular flexibility index (Phi) is 5.92. The van der Waals surface area contributed by atoms with E-state index in [2.05, 4.69) is 0 Å². The van der Waals surface area contributed by atoms with Gasteiger partial charge in [0, 0.05) is 18.0 Å². The predicted octanol–water partition coefficient (Wildman–Crippen LogP) is 1.60. The van der Waals surface area contributed by atoms with Gasteiger partial charge in [-0.1, -0.05) is 0 Å². The fraction of sp³-hybridized carbons (Fsp3) is 0.500. The fourth-order valence-corrected chi connectivity index (χ4v) is 4.74. The zero-order chi connectivity index (χ0) is 17.9. The van der Waals surface area contributed by atoms with Crippen molar-refractivity contribution in [3.05, 3.63) is 29.8 Å². The van der Waals surface area contributed by atoms with Crippen molar-refractivity contribution in [3.8, 4) is 0 Å². The molecule has 8 heteroatoms. The summed E-state index contributed by atoms with van der Waals surface area (Å²) in [6.45, 7) is 1.50. The second-order valence-electron chi connectivity index (χ2n) is 5.78. The third-order valence-corrected chi connectivity index (χ3v) is 6.55. The largest absolute Gasteiger partial charge is 0.449 e. The van der Waals surface area contributed by atoms with Crippen molar-refractivity contribution in [2.45, 2.75) is 30.4 Å². The molecule has 0 saturated carbocycles. The van der Waals surface area contributed by atoms with Crippen LogP contribution in [0, 0.1) is 0 Å². The molecule has 0 unspecified atom stereocenters. The molecule has 1 saturated heterocycles. The normalized spacial score (nSPS) is 20.4. The lowest BCUT2D eigenvalue weighted by molar-refractivity contribution is -0.140. The number of hydrogen-bond donors (Lipinski definition) is 0. The molecule has 2 atom stereocenters. The van der Waals surface area contributed by atoms with Crippen LogP contribution in [0.5, 0.6) is 0 Å². The van der Waals surface area contributed by atoms with Gasteiger partial charge in [0.2, 0.25) is 0 Å². The molecule has 1 amide bonds. The van der Waals surface area contributed by atoms with E-state index >= 15 is 0 Å². The summed E-state index contributed by atoms with van der Waals surface area (Å²) in [6, 6.07) is 6.56.